The second-order valence-electron chi connectivity index (χ2n) is 8.13. The van der Waals surface area contributed by atoms with E-state index in [9.17, 15) is 14.4 Å². The minimum absolute atomic E-state index is 0.175. The van der Waals surface area contributed by atoms with E-state index < -0.39 is 5.97 Å². The third-order valence-electron chi connectivity index (χ3n) is 5.68. The van der Waals surface area contributed by atoms with E-state index in [0.29, 0.717) is 49.8 Å². The number of nitrogens with zero attached hydrogens (tertiary/aromatic N) is 4. The topological polar surface area (TPSA) is 105 Å². The Labute approximate surface area is 186 Å². The molecule has 1 aromatic carbocycles. The number of amides is 2. The highest BCUT2D eigenvalue weighted by Crippen LogP contribution is 2.31. The largest absolute Gasteiger partial charge is 0.426 e. The van der Waals surface area contributed by atoms with Crippen molar-refractivity contribution in [1.29, 1.82) is 0 Å². The number of nitrogens with one attached hydrogen (secondary N) is 1. The van der Waals surface area contributed by atoms with Gasteiger partial charge in [-0.25, -0.2) is 0 Å². The van der Waals surface area contributed by atoms with Crippen LogP contribution in [-0.4, -0.2) is 65.6 Å². The number of ether oxygens (including phenoxy) is 1. The second-order valence-corrected chi connectivity index (χ2v) is 8.13. The van der Waals surface area contributed by atoms with Crippen molar-refractivity contribution in [2.75, 3.05) is 37.6 Å². The first-order chi connectivity index (χ1) is 15.5. The fourth-order valence-electron chi connectivity index (χ4n) is 3.70. The van der Waals surface area contributed by atoms with Gasteiger partial charge in [0.2, 0.25) is 0 Å². The monoisotopic (exact) mass is 437 g/mol. The van der Waals surface area contributed by atoms with E-state index in [1.54, 1.807) is 41.3 Å². The van der Waals surface area contributed by atoms with E-state index in [1.807, 2.05) is 4.90 Å². The Morgan fingerprint density at radius 3 is 2.44 bits per heavy atom. The lowest BCUT2D eigenvalue weighted by Gasteiger charge is -2.35. The number of carbonyl (C=O) groups is 3. The van der Waals surface area contributed by atoms with Gasteiger partial charge in [0.25, 0.3) is 11.8 Å². The standard InChI is InChI=1S/C23H27N5O4/c1-16(29)32-20-5-3-2-4-18(20)23(31)28-14-12-27(13-15-28)21-9-8-19(25-26-21)22(30)24-11-10-17-6-7-17/h2-5,8-9,17H,6-7,10-15H2,1H3,(H,24,30). The first-order valence-corrected chi connectivity index (χ1v) is 10.9. The van der Waals surface area contributed by atoms with Crippen molar-refractivity contribution < 1.29 is 19.1 Å². The maximum absolute atomic E-state index is 12.9. The maximum atomic E-state index is 12.9. The number of piperazine rings is 1. The van der Waals surface area contributed by atoms with Crippen LogP contribution in [0.2, 0.25) is 0 Å². The van der Waals surface area contributed by atoms with Gasteiger partial charge in [-0.1, -0.05) is 25.0 Å². The SMILES string of the molecule is CC(=O)Oc1ccccc1C(=O)N1CCN(c2ccc(C(=O)NCCC3CC3)nn2)CC1. The summed E-state index contributed by atoms with van der Waals surface area (Å²) in [5, 5.41) is 11.2. The number of benzene rings is 1. The van der Waals surface area contributed by atoms with E-state index in [4.69, 9.17) is 4.74 Å². The normalized spacial score (nSPS) is 15.9. The molecule has 2 heterocycles. The molecule has 9 nitrogen and oxygen atoms in total. The molecule has 0 radical (unpaired) electrons. The quantitative estimate of drug-likeness (QED) is 0.521. The zero-order valence-electron chi connectivity index (χ0n) is 18.1. The van der Waals surface area contributed by atoms with Gasteiger partial charge >= 0.3 is 5.97 Å². The van der Waals surface area contributed by atoms with Crippen molar-refractivity contribution >= 4 is 23.6 Å². The minimum atomic E-state index is -0.464. The fourth-order valence-corrected chi connectivity index (χ4v) is 3.70. The van der Waals surface area contributed by atoms with E-state index >= 15 is 0 Å². The van der Waals surface area contributed by atoms with Crippen molar-refractivity contribution in [3.05, 3.63) is 47.7 Å². The first-order valence-electron chi connectivity index (χ1n) is 10.9. The molecule has 0 unspecified atom stereocenters. The van der Waals surface area contributed by atoms with Gasteiger partial charge in [-0.05, 0) is 36.6 Å². The maximum Gasteiger partial charge on any atom is 0.308 e. The average Bonchev–Trinajstić information content (AvgIpc) is 3.63. The highest BCUT2D eigenvalue weighted by Gasteiger charge is 2.26. The molecule has 0 bridgehead atoms. The lowest BCUT2D eigenvalue weighted by Crippen LogP contribution is -2.49. The predicted molar refractivity (Wildman–Crippen MR) is 118 cm³/mol. The Morgan fingerprint density at radius 1 is 1.03 bits per heavy atom. The van der Waals surface area contributed by atoms with Crippen LogP contribution in [0.1, 0.15) is 47.0 Å². The molecule has 4 rings (SSSR count). The third-order valence-corrected chi connectivity index (χ3v) is 5.68. The molecule has 32 heavy (non-hydrogen) atoms. The Kier molecular flexibility index (Phi) is 6.63. The number of aromatic nitrogens is 2. The number of esters is 1. The minimum Gasteiger partial charge on any atom is -0.426 e. The van der Waals surface area contributed by atoms with Gasteiger partial charge in [0.05, 0.1) is 5.56 Å². The molecule has 1 saturated heterocycles. The molecule has 1 saturated carbocycles. The number of para-hydroxylation sites is 1. The highest BCUT2D eigenvalue weighted by molar-refractivity contribution is 5.97. The molecule has 2 fully saturated rings. The van der Waals surface area contributed by atoms with E-state index in [1.165, 1.54) is 19.8 Å². The summed E-state index contributed by atoms with van der Waals surface area (Å²) < 4.78 is 5.17. The average molecular weight is 438 g/mol. The van der Waals surface area contributed by atoms with Gasteiger partial charge in [0, 0.05) is 39.6 Å². The molecule has 1 aliphatic carbocycles. The Balaban J connectivity index is 1.31. The van der Waals surface area contributed by atoms with Crippen molar-refractivity contribution in [2.45, 2.75) is 26.2 Å². The van der Waals surface area contributed by atoms with Crippen LogP contribution in [0, 0.1) is 5.92 Å². The van der Waals surface area contributed by atoms with Crippen LogP contribution in [-0.2, 0) is 4.79 Å². The van der Waals surface area contributed by atoms with Gasteiger partial charge in [-0.2, -0.15) is 0 Å². The lowest BCUT2D eigenvalue weighted by atomic mass is 10.1. The molecular weight excluding hydrogens is 410 g/mol. The van der Waals surface area contributed by atoms with E-state index in [-0.39, 0.29) is 17.6 Å². The zero-order valence-corrected chi connectivity index (χ0v) is 18.1. The number of hydrogen-bond acceptors (Lipinski definition) is 7. The summed E-state index contributed by atoms with van der Waals surface area (Å²) >= 11 is 0. The molecular formula is C23H27N5O4. The van der Waals surface area contributed by atoms with Crippen LogP contribution >= 0.6 is 0 Å². The molecule has 9 heteroatoms. The Hall–Kier alpha value is -3.49. The summed E-state index contributed by atoms with van der Waals surface area (Å²) in [4.78, 5) is 40.2. The van der Waals surface area contributed by atoms with Gasteiger partial charge < -0.3 is 19.9 Å². The van der Waals surface area contributed by atoms with Crippen LogP contribution < -0.4 is 15.0 Å². The molecule has 2 aliphatic rings. The van der Waals surface area contributed by atoms with Gasteiger partial charge in [0.1, 0.15) is 5.75 Å². The molecule has 1 aromatic heterocycles. The van der Waals surface area contributed by atoms with Gasteiger partial charge in [-0.15, -0.1) is 10.2 Å². The van der Waals surface area contributed by atoms with Crippen molar-refractivity contribution in [1.82, 2.24) is 20.4 Å². The molecule has 0 spiro atoms. The van der Waals surface area contributed by atoms with Crippen LogP contribution in [0.5, 0.6) is 5.75 Å². The summed E-state index contributed by atoms with van der Waals surface area (Å²) in [5.41, 5.74) is 0.674. The Bertz CT molecular complexity index is 982. The second kappa shape index (κ2) is 9.76. The smallest absolute Gasteiger partial charge is 0.308 e. The summed E-state index contributed by atoms with van der Waals surface area (Å²) in [6, 6.07) is 10.2. The number of carbonyl (C=O) groups excluding carboxylic acids is 3. The molecule has 1 N–H and O–H groups in total. The highest BCUT2D eigenvalue weighted by atomic mass is 16.5. The predicted octanol–water partition coefficient (Wildman–Crippen LogP) is 1.89. The molecule has 0 atom stereocenters. The van der Waals surface area contributed by atoms with Gasteiger partial charge in [-0.3, -0.25) is 14.4 Å². The fraction of sp³-hybridized carbons (Fsp3) is 0.435. The molecule has 2 aromatic rings. The third kappa shape index (κ3) is 5.40. The molecule has 2 amide bonds. The van der Waals surface area contributed by atoms with E-state index in [0.717, 1.165) is 12.3 Å². The zero-order chi connectivity index (χ0) is 22.5. The number of hydrogen-bond donors (Lipinski definition) is 1. The van der Waals surface area contributed by atoms with Gasteiger partial charge in [0.15, 0.2) is 11.5 Å². The van der Waals surface area contributed by atoms with Crippen LogP contribution in [0.3, 0.4) is 0 Å². The summed E-state index contributed by atoms with van der Waals surface area (Å²) in [6.45, 7) is 4.15. The van der Waals surface area contributed by atoms with E-state index in [2.05, 4.69) is 15.5 Å². The molecule has 1 aliphatic heterocycles. The number of anilines is 1. The van der Waals surface area contributed by atoms with Crippen LogP contribution in [0.4, 0.5) is 5.82 Å². The van der Waals surface area contributed by atoms with Crippen LogP contribution in [0.25, 0.3) is 0 Å². The molecule has 168 valence electrons. The summed E-state index contributed by atoms with van der Waals surface area (Å²) in [6.07, 6.45) is 3.55. The first kappa shape index (κ1) is 21.7. The van der Waals surface area contributed by atoms with Crippen molar-refractivity contribution in [2.24, 2.45) is 5.92 Å². The summed E-state index contributed by atoms with van der Waals surface area (Å²) in [7, 11) is 0. The van der Waals surface area contributed by atoms with Crippen molar-refractivity contribution in [3.63, 3.8) is 0 Å². The van der Waals surface area contributed by atoms with Crippen molar-refractivity contribution in [3.8, 4) is 5.75 Å². The Morgan fingerprint density at radius 2 is 1.78 bits per heavy atom. The number of rotatable bonds is 7. The summed E-state index contributed by atoms with van der Waals surface area (Å²) in [5.74, 6) is 0.867. The van der Waals surface area contributed by atoms with Crippen LogP contribution in [0.15, 0.2) is 36.4 Å². The lowest BCUT2D eigenvalue weighted by molar-refractivity contribution is -0.131.